The summed E-state index contributed by atoms with van der Waals surface area (Å²) in [6.45, 7) is 0. The Labute approximate surface area is 152 Å². The number of anilines is 1. The number of benzene rings is 3. The molecule has 0 unspecified atom stereocenters. The molecule has 3 aromatic carbocycles. The minimum atomic E-state index is 0.104. The molecule has 0 heterocycles. The van der Waals surface area contributed by atoms with E-state index in [0.29, 0.717) is 6.42 Å². The van der Waals surface area contributed by atoms with Crippen molar-refractivity contribution in [3.05, 3.63) is 71.8 Å². The number of amides is 1. The molecule has 0 saturated heterocycles. The average Bonchev–Trinajstić information content (AvgIpc) is 3.07. The van der Waals surface area contributed by atoms with Gasteiger partial charge in [0.1, 0.15) is 0 Å². The molecule has 3 aromatic rings. The summed E-state index contributed by atoms with van der Waals surface area (Å²) in [6.07, 6.45) is 3.66. The Morgan fingerprint density at radius 2 is 1.72 bits per heavy atom. The molecule has 126 valence electrons. The lowest BCUT2D eigenvalue weighted by Gasteiger charge is -2.10. The van der Waals surface area contributed by atoms with Crippen molar-refractivity contribution in [3.8, 4) is 0 Å². The van der Waals surface area contributed by atoms with E-state index in [1.165, 1.54) is 26.8 Å². The molecule has 25 heavy (non-hydrogen) atoms. The van der Waals surface area contributed by atoms with Gasteiger partial charge in [0.2, 0.25) is 5.91 Å². The van der Waals surface area contributed by atoms with Gasteiger partial charge in [-0.25, -0.2) is 0 Å². The lowest BCUT2D eigenvalue weighted by molar-refractivity contribution is -0.116. The fourth-order valence-electron chi connectivity index (χ4n) is 3.51. The van der Waals surface area contributed by atoms with E-state index in [1.54, 1.807) is 11.8 Å². The van der Waals surface area contributed by atoms with Crippen molar-refractivity contribution in [2.24, 2.45) is 0 Å². The van der Waals surface area contributed by atoms with E-state index in [9.17, 15) is 4.79 Å². The Morgan fingerprint density at radius 3 is 2.56 bits per heavy atom. The van der Waals surface area contributed by atoms with Gasteiger partial charge in [0.15, 0.2) is 0 Å². The van der Waals surface area contributed by atoms with E-state index < -0.39 is 0 Å². The van der Waals surface area contributed by atoms with E-state index in [0.717, 1.165) is 30.7 Å². The monoisotopic (exact) mass is 347 g/mol. The van der Waals surface area contributed by atoms with Crippen molar-refractivity contribution in [2.75, 3.05) is 11.1 Å². The van der Waals surface area contributed by atoms with Crippen LogP contribution in [0.3, 0.4) is 0 Å². The minimum absolute atomic E-state index is 0.104. The van der Waals surface area contributed by atoms with E-state index in [4.69, 9.17) is 0 Å². The number of rotatable bonds is 6. The molecular formula is C22H21NOS. The molecule has 0 radical (unpaired) electrons. The Hall–Kier alpha value is -2.26. The molecule has 0 atom stereocenters. The number of thioether (sulfide) groups is 1. The summed E-state index contributed by atoms with van der Waals surface area (Å²) in [4.78, 5) is 13.6. The van der Waals surface area contributed by atoms with Crippen LogP contribution in [0.15, 0.2) is 65.6 Å². The SMILES string of the molecule is O=C(CCCSc1ccccc1)Nc1ccc2c3c(cccc13)CC2. The third-order valence-electron chi connectivity index (χ3n) is 4.71. The molecule has 4 rings (SSSR count). The van der Waals surface area contributed by atoms with E-state index in [2.05, 4.69) is 47.8 Å². The summed E-state index contributed by atoms with van der Waals surface area (Å²) < 4.78 is 0. The van der Waals surface area contributed by atoms with Crippen molar-refractivity contribution in [3.63, 3.8) is 0 Å². The van der Waals surface area contributed by atoms with Crippen LogP contribution in [0.4, 0.5) is 5.69 Å². The lowest BCUT2D eigenvalue weighted by Crippen LogP contribution is -2.11. The molecule has 0 spiro atoms. The van der Waals surface area contributed by atoms with Gasteiger partial charge in [-0.05, 0) is 59.7 Å². The Balaban J connectivity index is 1.36. The molecule has 0 saturated carbocycles. The average molecular weight is 347 g/mol. The molecule has 1 amide bonds. The topological polar surface area (TPSA) is 29.1 Å². The van der Waals surface area contributed by atoms with E-state index >= 15 is 0 Å². The number of carbonyl (C=O) groups is 1. The summed E-state index contributed by atoms with van der Waals surface area (Å²) >= 11 is 1.80. The summed E-state index contributed by atoms with van der Waals surface area (Å²) in [5, 5.41) is 5.64. The second-order valence-electron chi connectivity index (χ2n) is 6.43. The van der Waals surface area contributed by atoms with Gasteiger partial charge in [0.05, 0.1) is 0 Å². The highest BCUT2D eigenvalue weighted by Crippen LogP contribution is 2.35. The van der Waals surface area contributed by atoms with Crippen LogP contribution in [0.2, 0.25) is 0 Å². The van der Waals surface area contributed by atoms with Crippen LogP contribution in [0.1, 0.15) is 24.0 Å². The van der Waals surface area contributed by atoms with Gasteiger partial charge >= 0.3 is 0 Å². The van der Waals surface area contributed by atoms with Gasteiger partial charge in [-0.2, -0.15) is 0 Å². The molecule has 0 bridgehead atoms. The van der Waals surface area contributed by atoms with E-state index in [-0.39, 0.29) is 5.91 Å². The zero-order chi connectivity index (χ0) is 17.1. The van der Waals surface area contributed by atoms with Crippen LogP contribution in [-0.2, 0) is 17.6 Å². The number of carbonyl (C=O) groups excluding carboxylic acids is 1. The predicted octanol–water partition coefficient (Wildman–Crippen LogP) is 5.45. The van der Waals surface area contributed by atoms with Gasteiger partial charge in [0.25, 0.3) is 0 Å². The Morgan fingerprint density at radius 1 is 0.920 bits per heavy atom. The molecule has 1 N–H and O–H groups in total. The second kappa shape index (κ2) is 7.32. The first-order chi connectivity index (χ1) is 12.3. The van der Waals surface area contributed by atoms with Crippen molar-refractivity contribution in [1.29, 1.82) is 0 Å². The highest BCUT2D eigenvalue weighted by molar-refractivity contribution is 7.99. The zero-order valence-corrected chi connectivity index (χ0v) is 14.9. The first-order valence-electron chi connectivity index (χ1n) is 8.82. The first-order valence-corrected chi connectivity index (χ1v) is 9.81. The Bertz CT molecular complexity index is 894. The molecule has 1 aliphatic carbocycles. The lowest BCUT2D eigenvalue weighted by atomic mass is 10.0. The maximum atomic E-state index is 12.3. The normalized spacial score (nSPS) is 12.5. The third kappa shape index (κ3) is 3.57. The number of hydrogen-bond acceptors (Lipinski definition) is 2. The molecule has 1 aliphatic rings. The summed E-state index contributed by atoms with van der Waals surface area (Å²) in [5.41, 5.74) is 3.76. The number of aryl methyl sites for hydroxylation is 2. The van der Waals surface area contributed by atoms with Crippen LogP contribution in [0.25, 0.3) is 10.8 Å². The zero-order valence-electron chi connectivity index (χ0n) is 14.1. The highest BCUT2D eigenvalue weighted by atomic mass is 32.2. The van der Waals surface area contributed by atoms with Crippen molar-refractivity contribution < 1.29 is 4.79 Å². The van der Waals surface area contributed by atoms with E-state index in [1.807, 2.05) is 18.2 Å². The molecule has 3 heteroatoms. The van der Waals surface area contributed by atoms with Crippen molar-refractivity contribution in [2.45, 2.75) is 30.6 Å². The highest BCUT2D eigenvalue weighted by Gasteiger charge is 2.16. The van der Waals surface area contributed by atoms with Gasteiger partial charge in [-0.3, -0.25) is 4.79 Å². The Kier molecular flexibility index (Phi) is 4.75. The third-order valence-corrected chi connectivity index (χ3v) is 5.81. The molecule has 0 aromatic heterocycles. The van der Waals surface area contributed by atoms with Crippen molar-refractivity contribution in [1.82, 2.24) is 0 Å². The van der Waals surface area contributed by atoms with Crippen LogP contribution in [0, 0.1) is 0 Å². The first kappa shape index (κ1) is 16.2. The van der Waals surface area contributed by atoms with Crippen LogP contribution >= 0.6 is 11.8 Å². The standard InChI is InChI=1S/C22H21NOS/c24-21(10-5-15-25-18-7-2-1-3-8-18)23-20-14-13-17-12-11-16-6-4-9-19(20)22(16)17/h1-4,6-9,13-14H,5,10-12,15H2,(H,23,24). The second-order valence-corrected chi connectivity index (χ2v) is 7.59. The van der Waals surface area contributed by atoms with Gasteiger partial charge < -0.3 is 5.32 Å². The molecule has 0 fully saturated rings. The van der Waals surface area contributed by atoms with Gasteiger partial charge in [0, 0.05) is 22.4 Å². The summed E-state index contributed by atoms with van der Waals surface area (Å²) in [7, 11) is 0. The maximum Gasteiger partial charge on any atom is 0.224 e. The minimum Gasteiger partial charge on any atom is -0.326 e. The van der Waals surface area contributed by atoms with Crippen LogP contribution in [0.5, 0.6) is 0 Å². The fraction of sp³-hybridized carbons (Fsp3) is 0.227. The predicted molar refractivity (Wildman–Crippen MR) is 106 cm³/mol. The van der Waals surface area contributed by atoms with Gasteiger partial charge in [-0.15, -0.1) is 11.8 Å². The largest absolute Gasteiger partial charge is 0.326 e. The summed E-state index contributed by atoms with van der Waals surface area (Å²) in [6, 6.07) is 21.0. The number of nitrogens with one attached hydrogen (secondary N) is 1. The quantitative estimate of drug-likeness (QED) is 0.474. The van der Waals surface area contributed by atoms with Gasteiger partial charge in [-0.1, -0.05) is 42.5 Å². The molecule has 0 aliphatic heterocycles. The fourth-order valence-corrected chi connectivity index (χ4v) is 4.38. The van der Waals surface area contributed by atoms with Crippen molar-refractivity contribution >= 4 is 34.1 Å². The van der Waals surface area contributed by atoms with Crippen LogP contribution in [-0.4, -0.2) is 11.7 Å². The molecular weight excluding hydrogens is 326 g/mol. The maximum absolute atomic E-state index is 12.3. The summed E-state index contributed by atoms with van der Waals surface area (Å²) in [5.74, 6) is 1.06. The number of hydrogen-bond donors (Lipinski definition) is 1. The van der Waals surface area contributed by atoms with Crippen LogP contribution < -0.4 is 5.32 Å². The smallest absolute Gasteiger partial charge is 0.224 e. The molecule has 2 nitrogen and oxygen atoms in total.